The van der Waals surface area contributed by atoms with Crippen molar-refractivity contribution in [3.05, 3.63) is 65.4 Å². The number of rotatable bonds is 8. The smallest absolute Gasteiger partial charge is 0.338 e. The molecule has 0 aliphatic carbocycles. The van der Waals surface area contributed by atoms with Gasteiger partial charge in [-0.2, -0.15) is 0 Å². The Morgan fingerprint density at radius 2 is 1.63 bits per heavy atom. The number of anilines is 1. The third-order valence-electron chi connectivity index (χ3n) is 6.27. The minimum absolute atomic E-state index is 0.344. The van der Waals surface area contributed by atoms with Crippen LogP contribution in [0.15, 0.2) is 59.8 Å². The molecule has 186 valence electrons. The molecule has 2 N–H and O–H groups in total. The lowest BCUT2D eigenvalue weighted by Crippen LogP contribution is -2.51. The Labute approximate surface area is 205 Å². The maximum Gasteiger partial charge on any atom is 0.338 e. The first-order valence-corrected chi connectivity index (χ1v) is 11.7. The van der Waals surface area contributed by atoms with Crippen molar-refractivity contribution in [3.63, 3.8) is 0 Å². The molecule has 2 aromatic carbocycles. The minimum atomic E-state index is -0.609. The zero-order chi connectivity index (χ0) is 24.8. The number of esters is 1. The maximum absolute atomic E-state index is 12.8. The Bertz CT molecular complexity index is 1060. The van der Waals surface area contributed by atoms with E-state index in [0.29, 0.717) is 24.4 Å². The first-order valence-electron chi connectivity index (χ1n) is 11.7. The molecule has 0 radical (unpaired) electrons. The van der Waals surface area contributed by atoms with Gasteiger partial charge >= 0.3 is 12.0 Å². The summed E-state index contributed by atoms with van der Waals surface area (Å²) >= 11 is 0. The van der Waals surface area contributed by atoms with Crippen molar-refractivity contribution >= 4 is 17.7 Å². The summed E-state index contributed by atoms with van der Waals surface area (Å²) in [5.41, 5.74) is 2.91. The molecule has 0 unspecified atom stereocenters. The van der Waals surface area contributed by atoms with E-state index in [9.17, 15) is 9.59 Å². The van der Waals surface area contributed by atoms with Crippen LogP contribution in [0.25, 0.3) is 0 Å². The van der Waals surface area contributed by atoms with Gasteiger partial charge in [0.05, 0.1) is 32.4 Å². The van der Waals surface area contributed by atoms with E-state index in [1.54, 1.807) is 7.11 Å². The number of nitrogens with zero attached hydrogens (tertiary/aromatic N) is 2. The van der Waals surface area contributed by atoms with Crippen LogP contribution in [-0.2, 0) is 9.53 Å². The SMILES string of the molecule is CCOc1ccc([C@@H]2NC(=O)NC(CN3CCN(c4ccc(OC)cc4)CC3)=C2C(=O)OC)cc1. The number of carbonyl (C=O) groups is 2. The third kappa shape index (κ3) is 5.68. The van der Waals surface area contributed by atoms with Crippen molar-refractivity contribution in [1.29, 1.82) is 0 Å². The number of hydrogen-bond acceptors (Lipinski definition) is 7. The molecule has 2 aliphatic heterocycles. The van der Waals surface area contributed by atoms with Crippen LogP contribution >= 0.6 is 0 Å². The molecule has 35 heavy (non-hydrogen) atoms. The van der Waals surface area contributed by atoms with Gasteiger partial charge in [0, 0.05) is 44.1 Å². The summed E-state index contributed by atoms with van der Waals surface area (Å²) in [6.45, 7) is 6.18. The number of carbonyl (C=O) groups excluding carboxylic acids is 2. The molecular formula is C26H32N4O5. The molecule has 2 amide bonds. The van der Waals surface area contributed by atoms with Gasteiger partial charge < -0.3 is 29.7 Å². The molecule has 1 fully saturated rings. The van der Waals surface area contributed by atoms with Crippen LogP contribution in [0.3, 0.4) is 0 Å². The van der Waals surface area contributed by atoms with Crippen molar-refractivity contribution in [2.75, 3.05) is 58.5 Å². The average Bonchev–Trinajstić information content (AvgIpc) is 2.89. The second-order valence-corrected chi connectivity index (χ2v) is 8.38. The Kier molecular flexibility index (Phi) is 7.77. The number of piperazine rings is 1. The van der Waals surface area contributed by atoms with Gasteiger partial charge in [-0.25, -0.2) is 9.59 Å². The standard InChI is InChI=1S/C26H32N4O5/c1-4-35-21-9-5-18(6-10-21)24-23(25(31)34-3)22(27-26(32)28-24)17-29-13-15-30(16-14-29)19-7-11-20(33-2)12-8-19/h5-12,24H,4,13-17H2,1-3H3,(H2,27,28,32)/t24-/m0/s1. The molecule has 0 spiro atoms. The van der Waals surface area contributed by atoms with Gasteiger partial charge in [-0.3, -0.25) is 4.90 Å². The normalized spacial score (nSPS) is 18.5. The summed E-state index contributed by atoms with van der Waals surface area (Å²) < 4.78 is 15.9. The molecule has 0 aromatic heterocycles. The van der Waals surface area contributed by atoms with Gasteiger partial charge in [0.1, 0.15) is 11.5 Å². The lowest BCUT2D eigenvalue weighted by molar-refractivity contribution is -0.136. The van der Waals surface area contributed by atoms with Crippen molar-refractivity contribution in [2.45, 2.75) is 13.0 Å². The Balaban J connectivity index is 1.50. The van der Waals surface area contributed by atoms with E-state index in [4.69, 9.17) is 14.2 Å². The molecule has 0 saturated carbocycles. The Morgan fingerprint density at radius 3 is 2.23 bits per heavy atom. The molecule has 4 rings (SSSR count). The van der Waals surface area contributed by atoms with E-state index >= 15 is 0 Å². The minimum Gasteiger partial charge on any atom is -0.497 e. The van der Waals surface area contributed by atoms with Crippen molar-refractivity contribution < 1.29 is 23.8 Å². The summed E-state index contributed by atoms with van der Waals surface area (Å²) in [5, 5.41) is 5.72. The summed E-state index contributed by atoms with van der Waals surface area (Å²) in [7, 11) is 3.01. The number of methoxy groups -OCH3 is 2. The second kappa shape index (κ2) is 11.1. The molecule has 9 heteroatoms. The molecule has 2 aliphatic rings. The van der Waals surface area contributed by atoms with Crippen LogP contribution in [0, 0.1) is 0 Å². The predicted molar refractivity (Wildman–Crippen MR) is 133 cm³/mol. The molecular weight excluding hydrogens is 448 g/mol. The van der Waals surface area contributed by atoms with Crippen LogP contribution in [0.4, 0.5) is 10.5 Å². The van der Waals surface area contributed by atoms with Gasteiger partial charge in [-0.05, 0) is 48.9 Å². The summed E-state index contributed by atoms with van der Waals surface area (Å²) in [5.74, 6) is 1.09. The molecule has 0 bridgehead atoms. The zero-order valence-electron chi connectivity index (χ0n) is 20.4. The monoisotopic (exact) mass is 480 g/mol. The Morgan fingerprint density at radius 1 is 0.971 bits per heavy atom. The van der Waals surface area contributed by atoms with Gasteiger partial charge in [-0.15, -0.1) is 0 Å². The highest BCUT2D eigenvalue weighted by Crippen LogP contribution is 2.29. The van der Waals surface area contributed by atoms with E-state index in [0.717, 1.165) is 48.9 Å². The van der Waals surface area contributed by atoms with E-state index in [1.807, 2.05) is 43.3 Å². The lowest BCUT2D eigenvalue weighted by atomic mass is 9.95. The highest BCUT2D eigenvalue weighted by molar-refractivity contribution is 5.95. The fourth-order valence-corrected chi connectivity index (χ4v) is 4.45. The highest BCUT2D eigenvalue weighted by Gasteiger charge is 2.34. The average molecular weight is 481 g/mol. The molecule has 1 atom stereocenters. The summed E-state index contributed by atoms with van der Waals surface area (Å²) in [4.78, 5) is 29.9. The first kappa shape index (κ1) is 24.4. The summed E-state index contributed by atoms with van der Waals surface area (Å²) in [6.07, 6.45) is 0. The third-order valence-corrected chi connectivity index (χ3v) is 6.27. The lowest BCUT2D eigenvalue weighted by Gasteiger charge is -2.38. The molecule has 2 heterocycles. The Hall–Kier alpha value is -3.72. The number of urea groups is 1. The van der Waals surface area contributed by atoms with Crippen LogP contribution in [0.2, 0.25) is 0 Å². The maximum atomic E-state index is 12.8. The fourth-order valence-electron chi connectivity index (χ4n) is 4.45. The van der Waals surface area contributed by atoms with E-state index in [1.165, 1.54) is 7.11 Å². The van der Waals surface area contributed by atoms with Crippen LogP contribution in [-0.4, -0.2) is 70.5 Å². The van der Waals surface area contributed by atoms with Crippen molar-refractivity contribution in [1.82, 2.24) is 15.5 Å². The number of nitrogens with one attached hydrogen (secondary N) is 2. The van der Waals surface area contributed by atoms with Crippen LogP contribution < -0.4 is 25.0 Å². The van der Waals surface area contributed by atoms with Gasteiger partial charge in [0.2, 0.25) is 0 Å². The van der Waals surface area contributed by atoms with Crippen LogP contribution in [0.1, 0.15) is 18.5 Å². The van der Waals surface area contributed by atoms with E-state index < -0.39 is 12.0 Å². The number of benzene rings is 2. The number of ether oxygens (including phenoxy) is 3. The van der Waals surface area contributed by atoms with E-state index in [2.05, 4.69) is 32.6 Å². The topological polar surface area (TPSA) is 92.4 Å². The van der Waals surface area contributed by atoms with Crippen molar-refractivity contribution in [2.24, 2.45) is 0 Å². The second-order valence-electron chi connectivity index (χ2n) is 8.38. The predicted octanol–water partition coefficient (Wildman–Crippen LogP) is 2.70. The van der Waals surface area contributed by atoms with Gasteiger partial charge in [0.15, 0.2) is 0 Å². The number of amides is 2. The van der Waals surface area contributed by atoms with E-state index in [-0.39, 0.29) is 6.03 Å². The largest absolute Gasteiger partial charge is 0.497 e. The van der Waals surface area contributed by atoms with Crippen LogP contribution in [0.5, 0.6) is 11.5 Å². The highest BCUT2D eigenvalue weighted by atomic mass is 16.5. The van der Waals surface area contributed by atoms with Gasteiger partial charge in [0.25, 0.3) is 0 Å². The van der Waals surface area contributed by atoms with Crippen molar-refractivity contribution in [3.8, 4) is 11.5 Å². The quantitative estimate of drug-likeness (QED) is 0.562. The first-order chi connectivity index (χ1) is 17.0. The summed E-state index contributed by atoms with van der Waals surface area (Å²) in [6, 6.07) is 14.5. The fraction of sp³-hybridized carbons (Fsp3) is 0.385. The zero-order valence-corrected chi connectivity index (χ0v) is 20.4. The molecule has 1 saturated heterocycles. The molecule has 2 aromatic rings. The van der Waals surface area contributed by atoms with Gasteiger partial charge in [-0.1, -0.05) is 12.1 Å². The molecule has 9 nitrogen and oxygen atoms in total. The number of hydrogen-bond donors (Lipinski definition) is 2.